The molecule has 0 amide bonds. The van der Waals surface area contributed by atoms with Gasteiger partial charge in [-0.15, -0.1) is 0 Å². The standard InChI is InChI=1S/C14H13BrFNO3/c1-7-5-9(15)10(16)6-11(7)17-8(2)12-3-4-13(20-12)14(18)19/h3-6,8,17H,1-2H3,(H,18,19). The summed E-state index contributed by atoms with van der Waals surface area (Å²) in [7, 11) is 0. The second-order valence-corrected chi connectivity index (χ2v) is 5.31. The van der Waals surface area contributed by atoms with Crippen LogP contribution in [0.4, 0.5) is 10.1 Å². The van der Waals surface area contributed by atoms with Gasteiger partial charge < -0.3 is 14.8 Å². The molecule has 1 heterocycles. The highest BCUT2D eigenvalue weighted by atomic mass is 79.9. The van der Waals surface area contributed by atoms with Crippen molar-refractivity contribution < 1.29 is 18.7 Å². The summed E-state index contributed by atoms with van der Waals surface area (Å²) in [4.78, 5) is 10.8. The van der Waals surface area contributed by atoms with E-state index in [-0.39, 0.29) is 17.6 Å². The number of carboxylic acid groups (broad SMARTS) is 1. The van der Waals surface area contributed by atoms with Gasteiger partial charge in [0.05, 0.1) is 10.5 Å². The fraction of sp³-hybridized carbons (Fsp3) is 0.214. The predicted octanol–water partition coefficient (Wildman–Crippen LogP) is 4.36. The lowest BCUT2D eigenvalue weighted by molar-refractivity contribution is 0.0660. The Balaban J connectivity index is 2.20. The highest BCUT2D eigenvalue weighted by molar-refractivity contribution is 9.10. The van der Waals surface area contributed by atoms with Crippen molar-refractivity contribution in [2.45, 2.75) is 19.9 Å². The first-order chi connectivity index (χ1) is 9.38. The number of aromatic carboxylic acids is 1. The van der Waals surface area contributed by atoms with Gasteiger partial charge in [-0.1, -0.05) is 0 Å². The van der Waals surface area contributed by atoms with Crippen molar-refractivity contribution in [1.82, 2.24) is 0 Å². The molecule has 0 saturated carbocycles. The normalized spacial score (nSPS) is 12.2. The quantitative estimate of drug-likeness (QED) is 0.867. The van der Waals surface area contributed by atoms with E-state index in [0.717, 1.165) is 5.56 Å². The lowest BCUT2D eigenvalue weighted by Gasteiger charge is -2.15. The maximum atomic E-state index is 13.5. The van der Waals surface area contributed by atoms with E-state index in [1.165, 1.54) is 12.1 Å². The fourth-order valence-electron chi connectivity index (χ4n) is 1.81. The number of nitrogens with one attached hydrogen (secondary N) is 1. The molecule has 0 radical (unpaired) electrons. The first kappa shape index (κ1) is 14.6. The van der Waals surface area contributed by atoms with Crippen molar-refractivity contribution in [2.24, 2.45) is 0 Å². The van der Waals surface area contributed by atoms with Crippen LogP contribution in [0.25, 0.3) is 0 Å². The van der Waals surface area contributed by atoms with E-state index >= 15 is 0 Å². The second-order valence-electron chi connectivity index (χ2n) is 4.45. The van der Waals surface area contributed by atoms with Crippen molar-refractivity contribution in [3.63, 3.8) is 0 Å². The van der Waals surface area contributed by atoms with Gasteiger partial charge in [-0.25, -0.2) is 9.18 Å². The average molecular weight is 342 g/mol. The van der Waals surface area contributed by atoms with Crippen molar-refractivity contribution in [3.05, 3.63) is 51.6 Å². The molecule has 2 N–H and O–H groups in total. The Morgan fingerprint density at radius 2 is 2.15 bits per heavy atom. The smallest absolute Gasteiger partial charge is 0.371 e. The van der Waals surface area contributed by atoms with Gasteiger partial charge in [-0.2, -0.15) is 0 Å². The molecule has 4 nitrogen and oxygen atoms in total. The Morgan fingerprint density at radius 1 is 1.45 bits per heavy atom. The highest BCUT2D eigenvalue weighted by Gasteiger charge is 2.15. The summed E-state index contributed by atoms with van der Waals surface area (Å²) in [5, 5.41) is 11.9. The average Bonchev–Trinajstić information content (AvgIpc) is 2.85. The Kier molecular flexibility index (Phi) is 4.13. The van der Waals surface area contributed by atoms with Gasteiger partial charge in [-0.3, -0.25) is 0 Å². The summed E-state index contributed by atoms with van der Waals surface area (Å²) in [6.45, 7) is 3.66. The molecule has 106 valence electrons. The molecule has 1 aromatic heterocycles. The summed E-state index contributed by atoms with van der Waals surface area (Å²) < 4.78 is 19.1. The number of anilines is 1. The lowest BCUT2D eigenvalue weighted by Crippen LogP contribution is -2.07. The van der Waals surface area contributed by atoms with Crippen LogP contribution in [-0.4, -0.2) is 11.1 Å². The SMILES string of the molecule is Cc1cc(Br)c(F)cc1NC(C)c1ccc(C(=O)O)o1. The molecule has 6 heteroatoms. The minimum absolute atomic E-state index is 0.118. The van der Waals surface area contributed by atoms with E-state index in [1.54, 1.807) is 12.1 Å². The third kappa shape index (κ3) is 3.01. The van der Waals surface area contributed by atoms with Crippen LogP contribution in [0.3, 0.4) is 0 Å². The van der Waals surface area contributed by atoms with E-state index in [9.17, 15) is 9.18 Å². The van der Waals surface area contributed by atoms with Gasteiger partial charge in [0.1, 0.15) is 11.6 Å². The molecule has 0 bridgehead atoms. The first-order valence-electron chi connectivity index (χ1n) is 5.93. The number of benzene rings is 1. The largest absolute Gasteiger partial charge is 0.475 e. The van der Waals surface area contributed by atoms with Gasteiger partial charge in [0, 0.05) is 5.69 Å². The van der Waals surface area contributed by atoms with Crippen LogP contribution in [0.1, 0.15) is 34.8 Å². The number of furan rings is 1. The molecule has 0 aliphatic carbocycles. The van der Waals surface area contributed by atoms with Crippen LogP contribution in [-0.2, 0) is 0 Å². The van der Waals surface area contributed by atoms with Crippen LogP contribution < -0.4 is 5.32 Å². The molecule has 0 fully saturated rings. The van der Waals surface area contributed by atoms with E-state index in [2.05, 4.69) is 21.2 Å². The van der Waals surface area contributed by atoms with E-state index in [1.807, 2.05) is 13.8 Å². The van der Waals surface area contributed by atoms with Crippen LogP contribution in [0, 0.1) is 12.7 Å². The Labute approximate surface area is 123 Å². The van der Waals surface area contributed by atoms with Crippen molar-refractivity contribution in [2.75, 3.05) is 5.32 Å². The topological polar surface area (TPSA) is 62.5 Å². The first-order valence-corrected chi connectivity index (χ1v) is 6.73. The van der Waals surface area contributed by atoms with Gasteiger partial charge in [0.25, 0.3) is 0 Å². The third-order valence-electron chi connectivity index (χ3n) is 2.90. The molecule has 0 saturated heterocycles. The van der Waals surface area contributed by atoms with E-state index < -0.39 is 5.97 Å². The lowest BCUT2D eigenvalue weighted by atomic mass is 10.1. The van der Waals surface area contributed by atoms with Crippen LogP contribution in [0.5, 0.6) is 0 Å². The Bertz CT molecular complexity index is 654. The molecular weight excluding hydrogens is 329 g/mol. The molecule has 0 aliphatic heterocycles. The summed E-state index contributed by atoms with van der Waals surface area (Å²) in [5.74, 6) is -1.12. The van der Waals surface area contributed by atoms with Crippen molar-refractivity contribution >= 4 is 27.6 Å². The number of aryl methyl sites for hydroxylation is 1. The number of hydrogen-bond donors (Lipinski definition) is 2. The van der Waals surface area contributed by atoms with E-state index in [0.29, 0.717) is 15.9 Å². The van der Waals surface area contributed by atoms with Crippen molar-refractivity contribution in [1.29, 1.82) is 0 Å². The number of carbonyl (C=O) groups is 1. The predicted molar refractivity (Wildman–Crippen MR) is 76.5 cm³/mol. The molecule has 1 atom stereocenters. The van der Waals surface area contributed by atoms with Gasteiger partial charge in [0.2, 0.25) is 5.76 Å². The molecule has 0 aliphatic rings. The zero-order chi connectivity index (χ0) is 14.9. The summed E-state index contributed by atoms with van der Waals surface area (Å²) in [6.07, 6.45) is 0. The van der Waals surface area contributed by atoms with Crippen LogP contribution in [0.2, 0.25) is 0 Å². The minimum atomic E-state index is -1.12. The molecule has 20 heavy (non-hydrogen) atoms. The van der Waals surface area contributed by atoms with Gasteiger partial charge >= 0.3 is 5.97 Å². The maximum absolute atomic E-state index is 13.5. The third-order valence-corrected chi connectivity index (χ3v) is 3.51. The fourth-order valence-corrected chi connectivity index (χ4v) is 2.26. The number of halogens is 2. The van der Waals surface area contributed by atoms with Gasteiger partial charge in [0.15, 0.2) is 0 Å². The second kappa shape index (κ2) is 5.66. The van der Waals surface area contributed by atoms with Crippen LogP contribution >= 0.6 is 15.9 Å². The monoisotopic (exact) mass is 341 g/mol. The maximum Gasteiger partial charge on any atom is 0.371 e. The highest BCUT2D eigenvalue weighted by Crippen LogP contribution is 2.27. The van der Waals surface area contributed by atoms with Crippen molar-refractivity contribution in [3.8, 4) is 0 Å². The summed E-state index contributed by atoms with van der Waals surface area (Å²) in [6, 6.07) is 5.77. The molecule has 2 aromatic rings. The Morgan fingerprint density at radius 3 is 2.75 bits per heavy atom. The Hall–Kier alpha value is -1.82. The summed E-state index contributed by atoms with van der Waals surface area (Å²) in [5.41, 5.74) is 1.50. The minimum Gasteiger partial charge on any atom is -0.475 e. The number of rotatable bonds is 4. The van der Waals surface area contributed by atoms with Crippen LogP contribution in [0.15, 0.2) is 33.2 Å². The molecule has 2 rings (SSSR count). The summed E-state index contributed by atoms with van der Waals surface area (Å²) >= 11 is 3.12. The van der Waals surface area contributed by atoms with Gasteiger partial charge in [-0.05, 0) is 59.6 Å². The zero-order valence-corrected chi connectivity index (χ0v) is 12.5. The molecule has 1 aromatic carbocycles. The van der Waals surface area contributed by atoms with E-state index in [4.69, 9.17) is 9.52 Å². The number of carboxylic acids is 1. The molecular formula is C14H13BrFNO3. The molecule has 0 spiro atoms. The molecule has 1 unspecified atom stereocenters. The number of hydrogen-bond acceptors (Lipinski definition) is 3. The zero-order valence-electron chi connectivity index (χ0n) is 10.9.